The molecule has 2 heterocycles. The number of hydrogen-bond donors (Lipinski definition) is 1. The van der Waals surface area contributed by atoms with Crippen LogP contribution < -0.4 is 5.32 Å². The Bertz CT molecular complexity index is 824. The molecule has 1 fully saturated rings. The van der Waals surface area contributed by atoms with Gasteiger partial charge in [0.15, 0.2) is 11.7 Å². The van der Waals surface area contributed by atoms with Gasteiger partial charge in [0.25, 0.3) is 0 Å². The molecule has 1 aromatic carbocycles. The molecule has 1 aliphatic heterocycles. The van der Waals surface area contributed by atoms with Gasteiger partial charge in [-0.05, 0) is 5.56 Å². The van der Waals surface area contributed by atoms with Crippen molar-refractivity contribution in [2.45, 2.75) is 12.7 Å². The zero-order valence-electron chi connectivity index (χ0n) is 16.2. The molecular weight excluding hydrogens is 399 g/mol. The highest BCUT2D eigenvalue weighted by Gasteiger charge is 2.33. The van der Waals surface area contributed by atoms with E-state index in [1.807, 2.05) is 18.2 Å². The quantitative estimate of drug-likeness (QED) is 0.590. The first-order valence-electron chi connectivity index (χ1n) is 9.37. The van der Waals surface area contributed by atoms with E-state index >= 15 is 0 Å². The number of nitrogens with zero attached hydrogens (tertiary/aromatic N) is 4. The number of aliphatic imine (C=N–C) groups is 1. The molecule has 5 nitrogen and oxygen atoms in total. The van der Waals surface area contributed by atoms with Crippen LogP contribution in [0.5, 0.6) is 0 Å². The molecule has 2 aromatic rings. The Kier molecular flexibility index (Phi) is 7.27. The van der Waals surface area contributed by atoms with Crippen molar-refractivity contribution in [1.82, 2.24) is 20.1 Å². The van der Waals surface area contributed by atoms with Gasteiger partial charge >= 0.3 is 6.18 Å². The predicted molar refractivity (Wildman–Crippen MR) is 111 cm³/mol. The second-order valence-corrected chi connectivity index (χ2v) is 7.57. The molecular formula is C20H24F3N5S. The summed E-state index contributed by atoms with van der Waals surface area (Å²) in [6.07, 6.45) is -0.115. The highest BCUT2D eigenvalue weighted by atomic mass is 32.1. The van der Waals surface area contributed by atoms with Crippen LogP contribution in [0.2, 0.25) is 0 Å². The number of rotatable bonds is 5. The molecule has 0 unspecified atom stereocenters. The maximum absolute atomic E-state index is 12.7. The number of hydrogen-bond acceptors (Lipinski definition) is 4. The van der Waals surface area contributed by atoms with Crippen LogP contribution in [-0.4, -0.2) is 60.5 Å². The molecule has 3 rings (SSSR count). The van der Waals surface area contributed by atoms with E-state index in [0.29, 0.717) is 11.0 Å². The first-order chi connectivity index (χ1) is 14.0. The van der Waals surface area contributed by atoms with Crippen molar-refractivity contribution in [3.63, 3.8) is 0 Å². The first-order valence-corrected chi connectivity index (χ1v) is 10.2. The zero-order chi connectivity index (χ0) is 20.7. The summed E-state index contributed by atoms with van der Waals surface area (Å²) >= 11 is 1.00. The number of thiazole rings is 1. The minimum Gasteiger partial charge on any atom is -0.350 e. The third-order valence-electron chi connectivity index (χ3n) is 4.60. The Hall–Kier alpha value is -2.39. The lowest BCUT2D eigenvalue weighted by molar-refractivity contribution is -0.140. The third-order valence-corrected chi connectivity index (χ3v) is 5.45. The average Bonchev–Trinajstić information content (AvgIpc) is 3.20. The number of alkyl halides is 3. The van der Waals surface area contributed by atoms with Gasteiger partial charge in [-0.25, -0.2) is 4.98 Å². The van der Waals surface area contributed by atoms with Crippen LogP contribution in [0.3, 0.4) is 0 Å². The van der Waals surface area contributed by atoms with Gasteiger partial charge in [-0.1, -0.05) is 42.5 Å². The number of benzene rings is 1. The molecule has 0 bridgehead atoms. The monoisotopic (exact) mass is 423 g/mol. The lowest BCUT2D eigenvalue weighted by Crippen LogP contribution is -2.52. The van der Waals surface area contributed by atoms with Crippen molar-refractivity contribution in [2.75, 3.05) is 39.8 Å². The molecule has 0 saturated carbocycles. The minimum atomic E-state index is -4.40. The molecule has 156 valence electrons. The van der Waals surface area contributed by atoms with Gasteiger partial charge in [-0.2, -0.15) is 13.2 Å². The molecule has 0 amide bonds. The van der Waals surface area contributed by atoms with E-state index in [9.17, 15) is 13.2 Å². The number of halogens is 3. The molecule has 0 aliphatic carbocycles. The molecule has 0 spiro atoms. The van der Waals surface area contributed by atoms with Crippen LogP contribution in [0.15, 0.2) is 46.8 Å². The van der Waals surface area contributed by atoms with Crippen molar-refractivity contribution < 1.29 is 13.2 Å². The summed E-state index contributed by atoms with van der Waals surface area (Å²) in [5.41, 5.74) is 0.345. The smallest absolute Gasteiger partial charge is 0.350 e. The van der Waals surface area contributed by atoms with Crippen LogP contribution in [0.1, 0.15) is 16.3 Å². The van der Waals surface area contributed by atoms with Gasteiger partial charge in [0, 0.05) is 45.2 Å². The molecule has 29 heavy (non-hydrogen) atoms. The summed E-state index contributed by atoms with van der Waals surface area (Å²) < 4.78 is 38.0. The van der Waals surface area contributed by atoms with Gasteiger partial charge < -0.3 is 10.2 Å². The largest absolute Gasteiger partial charge is 0.434 e. The Morgan fingerprint density at radius 2 is 1.93 bits per heavy atom. The van der Waals surface area contributed by atoms with E-state index in [1.54, 1.807) is 7.05 Å². The molecule has 0 radical (unpaired) electrons. The normalized spacial score (nSPS) is 16.6. The zero-order valence-corrected chi connectivity index (χ0v) is 17.0. The van der Waals surface area contributed by atoms with E-state index < -0.39 is 11.9 Å². The van der Waals surface area contributed by atoms with E-state index in [2.05, 4.69) is 49.4 Å². The molecule has 1 aromatic heterocycles. The summed E-state index contributed by atoms with van der Waals surface area (Å²) in [5.74, 6) is 0.688. The average molecular weight is 424 g/mol. The number of guanidine groups is 1. The van der Waals surface area contributed by atoms with Crippen LogP contribution in [0.25, 0.3) is 6.08 Å². The maximum Gasteiger partial charge on any atom is 0.434 e. The van der Waals surface area contributed by atoms with E-state index in [-0.39, 0.29) is 6.54 Å². The van der Waals surface area contributed by atoms with Crippen LogP contribution in [0, 0.1) is 0 Å². The van der Waals surface area contributed by atoms with E-state index in [4.69, 9.17) is 0 Å². The number of piperazine rings is 1. The first kappa shape index (κ1) is 21.3. The summed E-state index contributed by atoms with van der Waals surface area (Å²) in [6.45, 7) is 4.53. The van der Waals surface area contributed by atoms with Crippen molar-refractivity contribution in [1.29, 1.82) is 0 Å². The van der Waals surface area contributed by atoms with E-state index in [0.717, 1.165) is 49.4 Å². The Balaban J connectivity index is 1.44. The Labute approximate surface area is 172 Å². The standard InChI is InChI=1S/C20H24F3N5S/c1-24-19(25-14-18-26-17(15-29-18)20(21,22)23)28-12-10-27(11-13-28)9-5-8-16-6-3-2-4-7-16/h2-8,15H,9-14H2,1H3,(H,24,25)/b8-5+. The third kappa shape index (κ3) is 6.30. The van der Waals surface area contributed by atoms with Crippen molar-refractivity contribution in [3.8, 4) is 0 Å². The molecule has 9 heteroatoms. The van der Waals surface area contributed by atoms with Crippen LogP contribution in [-0.2, 0) is 12.7 Å². The van der Waals surface area contributed by atoms with E-state index in [1.165, 1.54) is 5.56 Å². The second-order valence-electron chi connectivity index (χ2n) is 6.63. The van der Waals surface area contributed by atoms with Gasteiger partial charge in [-0.15, -0.1) is 11.3 Å². The number of nitrogens with one attached hydrogen (secondary N) is 1. The minimum absolute atomic E-state index is 0.230. The van der Waals surface area contributed by atoms with Crippen molar-refractivity contribution >= 4 is 23.4 Å². The van der Waals surface area contributed by atoms with Gasteiger partial charge in [0.1, 0.15) is 5.01 Å². The highest BCUT2D eigenvalue weighted by Crippen LogP contribution is 2.29. The fraction of sp³-hybridized carbons (Fsp3) is 0.400. The molecule has 0 atom stereocenters. The van der Waals surface area contributed by atoms with Crippen LogP contribution >= 0.6 is 11.3 Å². The number of aromatic nitrogens is 1. The molecule has 1 aliphatic rings. The molecule has 1 N–H and O–H groups in total. The summed E-state index contributed by atoms with van der Waals surface area (Å²) in [6, 6.07) is 10.2. The van der Waals surface area contributed by atoms with Gasteiger partial charge in [-0.3, -0.25) is 9.89 Å². The summed E-state index contributed by atoms with van der Waals surface area (Å²) in [4.78, 5) is 12.4. The summed E-state index contributed by atoms with van der Waals surface area (Å²) in [5, 5.41) is 4.56. The maximum atomic E-state index is 12.7. The van der Waals surface area contributed by atoms with Crippen LogP contribution in [0.4, 0.5) is 13.2 Å². The van der Waals surface area contributed by atoms with Gasteiger partial charge in [0.05, 0.1) is 6.54 Å². The lowest BCUT2D eigenvalue weighted by atomic mass is 10.2. The SMILES string of the molecule is CN=C(NCc1nc(C(F)(F)F)cs1)N1CCN(C/C=C/c2ccccc2)CC1. The highest BCUT2D eigenvalue weighted by molar-refractivity contribution is 7.09. The van der Waals surface area contributed by atoms with Gasteiger partial charge in [0.2, 0.25) is 0 Å². The topological polar surface area (TPSA) is 43.8 Å². The fourth-order valence-corrected chi connectivity index (χ4v) is 3.79. The van der Waals surface area contributed by atoms with Crippen molar-refractivity contribution in [2.24, 2.45) is 4.99 Å². The summed E-state index contributed by atoms with van der Waals surface area (Å²) in [7, 11) is 1.68. The second kappa shape index (κ2) is 9.89. The Morgan fingerprint density at radius 3 is 2.55 bits per heavy atom. The Morgan fingerprint density at radius 1 is 1.21 bits per heavy atom. The fourth-order valence-electron chi connectivity index (χ4n) is 3.05. The molecule has 1 saturated heterocycles. The predicted octanol–water partition coefficient (Wildman–Crippen LogP) is 3.57. The lowest BCUT2D eigenvalue weighted by Gasteiger charge is -2.36. The van der Waals surface area contributed by atoms with Crippen molar-refractivity contribution in [3.05, 3.63) is 58.1 Å².